The van der Waals surface area contributed by atoms with Crippen molar-refractivity contribution in [2.24, 2.45) is 10.9 Å². The van der Waals surface area contributed by atoms with E-state index in [4.69, 9.17) is 0 Å². The van der Waals surface area contributed by atoms with Crippen LogP contribution >= 0.6 is 0 Å². The molecule has 0 atom stereocenters. The molecule has 0 aromatic heterocycles. The average molecular weight is 297 g/mol. The van der Waals surface area contributed by atoms with Gasteiger partial charge in [0.2, 0.25) is 0 Å². The van der Waals surface area contributed by atoms with E-state index < -0.39 is 0 Å². The molecule has 1 rings (SSSR count). The van der Waals surface area contributed by atoms with Crippen molar-refractivity contribution in [2.45, 2.75) is 33.1 Å². The number of rotatable bonds is 7. The standard InChI is InChI=1S/C16H35N5/c1-15(2)7-9-19-16(17-3)18-8-5-11-21-12-6-10-20(4)13-14-21/h15H,5-14H2,1-4H3,(H2,17,18,19). The van der Waals surface area contributed by atoms with Crippen molar-refractivity contribution >= 4 is 5.96 Å². The molecule has 0 unspecified atom stereocenters. The van der Waals surface area contributed by atoms with Gasteiger partial charge in [0.05, 0.1) is 0 Å². The van der Waals surface area contributed by atoms with Crippen LogP contribution < -0.4 is 10.6 Å². The molecule has 0 aromatic carbocycles. The Hall–Kier alpha value is -0.810. The normalized spacial score (nSPS) is 18.8. The third kappa shape index (κ3) is 8.94. The summed E-state index contributed by atoms with van der Waals surface area (Å²) in [6, 6.07) is 0. The fraction of sp³-hybridized carbons (Fsp3) is 0.938. The summed E-state index contributed by atoms with van der Waals surface area (Å²) in [5.41, 5.74) is 0. The van der Waals surface area contributed by atoms with E-state index in [0.717, 1.165) is 25.0 Å². The maximum atomic E-state index is 4.27. The smallest absolute Gasteiger partial charge is 0.190 e. The Morgan fingerprint density at radius 3 is 2.57 bits per heavy atom. The molecule has 0 spiro atoms. The molecular formula is C16H35N5. The number of guanidine groups is 1. The van der Waals surface area contributed by atoms with Gasteiger partial charge in [0.25, 0.3) is 0 Å². The SMILES string of the molecule is CN=C(NCCCN1CCCN(C)CC1)NCCC(C)C. The van der Waals surface area contributed by atoms with Crippen molar-refractivity contribution < 1.29 is 0 Å². The quantitative estimate of drug-likeness (QED) is 0.421. The maximum absolute atomic E-state index is 4.27. The van der Waals surface area contributed by atoms with E-state index in [1.54, 1.807) is 0 Å². The number of hydrogen-bond acceptors (Lipinski definition) is 3. The van der Waals surface area contributed by atoms with Gasteiger partial charge in [0.15, 0.2) is 5.96 Å². The highest BCUT2D eigenvalue weighted by molar-refractivity contribution is 5.79. The average Bonchev–Trinajstić information content (AvgIpc) is 2.66. The Kier molecular flexibility index (Phi) is 9.42. The Morgan fingerprint density at radius 2 is 1.86 bits per heavy atom. The summed E-state index contributed by atoms with van der Waals surface area (Å²) in [6.45, 7) is 12.6. The van der Waals surface area contributed by atoms with Crippen LogP contribution in [0.4, 0.5) is 0 Å². The van der Waals surface area contributed by atoms with Crippen LogP contribution in [0.25, 0.3) is 0 Å². The minimum absolute atomic E-state index is 0.733. The highest BCUT2D eigenvalue weighted by Gasteiger charge is 2.11. The zero-order chi connectivity index (χ0) is 15.5. The van der Waals surface area contributed by atoms with E-state index in [1.165, 1.54) is 52.0 Å². The number of aliphatic imine (C=N–C) groups is 1. The van der Waals surface area contributed by atoms with Crippen molar-refractivity contribution in [1.29, 1.82) is 0 Å². The van der Waals surface area contributed by atoms with Crippen molar-refractivity contribution in [3.05, 3.63) is 0 Å². The van der Waals surface area contributed by atoms with Crippen molar-refractivity contribution in [1.82, 2.24) is 20.4 Å². The molecule has 0 aliphatic carbocycles. The van der Waals surface area contributed by atoms with Crippen molar-refractivity contribution in [3.8, 4) is 0 Å². The number of nitrogens with one attached hydrogen (secondary N) is 2. The van der Waals surface area contributed by atoms with Gasteiger partial charge in [0, 0.05) is 33.2 Å². The van der Waals surface area contributed by atoms with Gasteiger partial charge in [-0.05, 0) is 51.9 Å². The van der Waals surface area contributed by atoms with Crippen LogP contribution in [-0.4, -0.2) is 75.7 Å². The number of likely N-dealkylation sites (N-methyl/N-ethyl adjacent to an activating group) is 1. The molecule has 1 aliphatic rings. The molecule has 1 aliphatic heterocycles. The third-order valence-electron chi connectivity index (χ3n) is 3.99. The fourth-order valence-corrected chi connectivity index (χ4v) is 2.53. The van der Waals surface area contributed by atoms with Crippen molar-refractivity contribution in [2.75, 3.05) is 59.9 Å². The van der Waals surface area contributed by atoms with E-state index in [9.17, 15) is 0 Å². The van der Waals surface area contributed by atoms with E-state index in [-0.39, 0.29) is 0 Å². The molecule has 1 fully saturated rings. The minimum Gasteiger partial charge on any atom is -0.356 e. The first-order valence-corrected chi connectivity index (χ1v) is 8.47. The topological polar surface area (TPSA) is 42.9 Å². The van der Waals surface area contributed by atoms with E-state index in [1.807, 2.05) is 7.05 Å². The van der Waals surface area contributed by atoms with Gasteiger partial charge < -0.3 is 20.4 Å². The Labute approximate surface area is 131 Å². The van der Waals surface area contributed by atoms with Crippen LogP contribution in [0.2, 0.25) is 0 Å². The van der Waals surface area contributed by atoms with E-state index >= 15 is 0 Å². The zero-order valence-electron chi connectivity index (χ0n) is 14.5. The highest BCUT2D eigenvalue weighted by atomic mass is 15.2. The van der Waals surface area contributed by atoms with Gasteiger partial charge in [0.1, 0.15) is 0 Å². The molecule has 0 bridgehead atoms. The fourth-order valence-electron chi connectivity index (χ4n) is 2.53. The number of hydrogen-bond donors (Lipinski definition) is 2. The first-order chi connectivity index (χ1) is 10.1. The maximum Gasteiger partial charge on any atom is 0.190 e. The van der Waals surface area contributed by atoms with Crippen LogP contribution in [0.15, 0.2) is 4.99 Å². The lowest BCUT2D eigenvalue weighted by atomic mass is 10.1. The minimum atomic E-state index is 0.733. The molecule has 0 saturated carbocycles. The summed E-state index contributed by atoms with van der Waals surface area (Å²) < 4.78 is 0. The lowest BCUT2D eigenvalue weighted by Crippen LogP contribution is -2.39. The second kappa shape index (κ2) is 10.9. The summed E-state index contributed by atoms with van der Waals surface area (Å²) in [4.78, 5) is 9.28. The predicted molar refractivity (Wildman–Crippen MR) is 92.0 cm³/mol. The molecular weight excluding hydrogens is 262 g/mol. The van der Waals surface area contributed by atoms with Gasteiger partial charge in [-0.1, -0.05) is 13.8 Å². The lowest BCUT2D eigenvalue weighted by Gasteiger charge is -2.20. The van der Waals surface area contributed by atoms with E-state index in [2.05, 4.69) is 46.3 Å². The first-order valence-electron chi connectivity index (χ1n) is 8.47. The molecule has 0 radical (unpaired) electrons. The Morgan fingerprint density at radius 1 is 1.10 bits per heavy atom. The summed E-state index contributed by atoms with van der Waals surface area (Å²) in [7, 11) is 4.06. The Balaban J connectivity index is 2.08. The first kappa shape index (κ1) is 18.2. The molecule has 124 valence electrons. The molecule has 21 heavy (non-hydrogen) atoms. The monoisotopic (exact) mass is 297 g/mol. The third-order valence-corrected chi connectivity index (χ3v) is 3.99. The molecule has 2 N–H and O–H groups in total. The molecule has 0 aromatic rings. The van der Waals surface area contributed by atoms with Gasteiger partial charge >= 0.3 is 0 Å². The largest absolute Gasteiger partial charge is 0.356 e. The molecule has 5 heteroatoms. The van der Waals surface area contributed by atoms with Crippen LogP contribution in [0.3, 0.4) is 0 Å². The second-order valence-corrected chi connectivity index (χ2v) is 6.46. The molecule has 0 amide bonds. The summed E-state index contributed by atoms with van der Waals surface area (Å²) >= 11 is 0. The Bertz CT molecular complexity index is 290. The molecule has 1 saturated heterocycles. The van der Waals surface area contributed by atoms with E-state index in [0.29, 0.717) is 0 Å². The zero-order valence-corrected chi connectivity index (χ0v) is 14.5. The van der Waals surface area contributed by atoms with Crippen LogP contribution in [0.1, 0.15) is 33.1 Å². The summed E-state index contributed by atoms with van der Waals surface area (Å²) in [5, 5.41) is 6.78. The van der Waals surface area contributed by atoms with Crippen LogP contribution in [0, 0.1) is 5.92 Å². The summed E-state index contributed by atoms with van der Waals surface area (Å²) in [5.74, 6) is 1.67. The van der Waals surface area contributed by atoms with Gasteiger partial charge in [-0.15, -0.1) is 0 Å². The van der Waals surface area contributed by atoms with Crippen molar-refractivity contribution in [3.63, 3.8) is 0 Å². The van der Waals surface area contributed by atoms with Crippen LogP contribution in [-0.2, 0) is 0 Å². The summed E-state index contributed by atoms with van der Waals surface area (Å²) in [6.07, 6.45) is 3.65. The van der Waals surface area contributed by atoms with Gasteiger partial charge in [-0.25, -0.2) is 0 Å². The number of nitrogens with zero attached hydrogens (tertiary/aromatic N) is 3. The molecule has 1 heterocycles. The lowest BCUT2D eigenvalue weighted by molar-refractivity contribution is 0.274. The molecule has 5 nitrogen and oxygen atoms in total. The second-order valence-electron chi connectivity index (χ2n) is 6.46. The predicted octanol–water partition coefficient (Wildman–Crippen LogP) is 1.23. The van der Waals surface area contributed by atoms with Gasteiger partial charge in [-0.3, -0.25) is 4.99 Å². The van der Waals surface area contributed by atoms with Gasteiger partial charge in [-0.2, -0.15) is 0 Å². The highest BCUT2D eigenvalue weighted by Crippen LogP contribution is 2.01. The van der Waals surface area contributed by atoms with Crippen LogP contribution in [0.5, 0.6) is 0 Å².